The number of ether oxygens (including phenoxy) is 1. The largest absolute Gasteiger partial charge is 0.389 e. The average Bonchev–Trinajstić information content (AvgIpc) is 3.43. The standard InChI is InChI=1S/C30H32N6O2/c1-19-28(34(2)18-32-19)22-14-25-27(31-15-22)24-8-9-26(35-16-23(37)17-35)33-30(24)36(25)29(20-6-4-3-5-7-20)21-10-12-38-13-11-21/h3-9,14-15,18,21,23,29,37H,10-13,16-17H2,1-2H3/t29-/m1/s1. The van der Waals surface area contributed by atoms with Crippen molar-refractivity contribution in [2.24, 2.45) is 13.0 Å². The number of imidazole rings is 1. The summed E-state index contributed by atoms with van der Waals surface area (Å²) in [5.74, 6) is 1.30. The predicted octanol–water partition coefficient (Wildman–Crippen LogP) is 4.49. The summed E-state index contributed by atoms with van der Waals surface area (Å²) in [6.07, 6.45) is 5.51. The zero-order chi connectivity index (χ0) is 25.8. The van der Waals surface area contributed by atoms with Gasteiger partial charge in [-0.3, -0.25) is 4.98 Å². The van der Waals surface area contributed by atoms with Gasteiger partial charge in [0.05, 0.1) is 40.9 Å². The van der Waals surface area contributed by atoms with Gasteiger partial charge in [-0.25, -0.2) is 9.97 Å². The van der Waals surface area contributed by atoms with Crippen LogP contribution in [0, 0.1) is 12.8 Å². The predicted molar refractivity (Wildman–Crippen MR) is 148 cm³/mol. The second-order valence-electron chi connectivity index (χ2n) is 10.7. The summed E-state index contributed by atoms with van der Waals surface area (Å²) in [4.78, 5) is 16.9. The molecule has 5 aromatic rings. The van der Waals surface area contributed by atoms with Gasteiger partial charge in [-0.15, -0.1) is 0 Å². The third-order valence-corrected chi connectivity index (χ3v) is 8.18. The Morgan fingerprint density at radius 3 is 2.53 bits per heavy atom. The molecule has 1 N–H and O–H groups in total. The Morgan fingerprint density at radius 1 is 1.03 bits per heavy atom. The molecule has 0 aliphatic carbocycles. The normalized spacial score (nSPS) is 17.8. The van der Waals surface area contributed by atoms with Crippen molar-refractivity contribution in [3.05, 3.63) is 72.3 Å². The van der Waals surface area contributed by atoms with Gasteiger partial charge in [-0.05, 0) is 49.4 Å². The maximum Gasteiger partial charge on any atom is 0.145 e. The van der Waals surface area contributed by atoms with Gasteiger partial charge >= 0.3 is 0 Å². The number of hydrogen-bond acceptors (Lipinski definition) is 6. The van der Waals surface area contributed by atoms with E-state index in [1.165, 1.54) is 5.56 Å². The molecule has 6 heterocycles. The van der Waals surface area contributed by atoms with E-state index in [9.17, 15) is 5.11 Å². The van der Waals surface area contributed by atoms with Crippen molar-refractivity contribution in [2.75, 3.05) is 31.2 Å². The second kappa shape index (κ2) is 9.22. The highest BCUT2D eigenvalue weighted by atomic mass is 16.5. The van der Waals surface area contributed by atoms with Crippen molar-refractivity contribution in [1.82, 2.24) is 24.1 Å². The van der Waals surface area contributed by atoms with Crippen molar-refractivity contribution in [2.45, 2.75) is 31.9 Å². The van der Waals surface area contributed by atoms with E-state index in [0.717, 1.165) is 70.9 Å². The van der Waals surface area contributed by atoms with Gasteiger partial charge in [-0.2, -0.15) is 0 Å². The van der Waals surface area contributed by atoms with Crippen LogP contribution >= 0.6 is 0 Å². The van der Waals surface area contributed by atoms with Crippen molar-refractivity contribution in [3.63, 3.8) is 0 Å². The van der Waals surface area contributed by atoms with Crippen LogP contribution in [0.4, 0.5) is 5.82 Å². The second-order valence-corrected chi connectivity index (χ2v) is 10.7. The van der Waals surface area contributed by atoms with Gasteiger partial charge in [0, 0.05) is 50.5 Å². The minimum atomic E-state index is -0.288. The van der Waals surface area contributed by atoms with Crippen molar-refractivity contribution < 1.29 is 9.84 Å². The number of rotatable bonds is 5. The third-order valence-electron chi connectivity index (χ3n) is 8.18. The molecule has 194 valence electrons. The Labute approximate surface area is 221 Å². The molecule has 8 nitrogen and oxygen atoms in total. The maximum atomic E-state index is 9.93. The zero-order valence-electron chi connectivity index (χ0n) is 21.8. The van der Waals surface area contributed by atoms with Crippen LogP contribution in [0.2, 0.25) is 0 Å². The Kier molecular flexibility index (Phi) is 5.67. The van der Waals surface area contributed by atoms with E-state index in [4.69, 9.17) is 14.7 Å². The van der Waals surface area contributed by atoms with Crippen LogP contribution in [0.25, 0.3) is 33.3 Å². The molecule has 0 spiro atoms. The van der Waals surface area contributed by atoms with Gasteiger partial charge in [0.15, 0.2) is 0 Å². The van der Waals surface area contributed by atoms with Crippen LogP contribution in [-0.2, 0) is 11.8 Å². The quantitative estimate of drug-likeness (QED) is 0.377. The van der Waals surface area contributed by atoms with E-state index in [-0.39, 0.29) is 12.1 Å². The molecule has 2 aliphatic rings. The molecule has 7 rings (SSSR count). The van der Waals surface area contributed by atoms with Gasteiger partial charge in [0.25, 0.3) is 0 Å². The first-order valence-corrected chi connectivity index (χ1v) is 13.4. The number of pyridine rings is 2. The van der Waals surface area contributed by atoms with Crippen LogP contribution in [0.5, 0.6) is 0 Å². The lowest BCUT2D eigenvalue weighted by atomic mass is 9.86. The van der Waals surface area contributed by atoms with E-state index < -0.39 is 0 Å². The fourth-order valence-electron chi connectivity index (χ4n) is 6.27. The van der Waals surface area contributed by atoms with E-state index in [1.54, 1.807) is 0 Å². The molecule has 1 atom stereocenters. The molecule has 38 heavy (non-hydrogen) atoms. The number of aliphatic hydroxyl groups excluding tert-OH is 1. The van der Waals surface area contributed by atoms with Crippen LogP contribution in [0.3, 0.4) is 0 Å². The molecule has 8 heteroatoms. The van der Waals surface area contributed by atoms with Crippen molar-refractivity contribution in [3.8, 4) is 11.3 Å². The van der Waals surface area contributed by atoms with Gasteiger partial charge in [-0.1, -0.05) is 30.3 Å². The van der Waals surface area contributed by atoms with Gasteiger partial charge in [0.1, 0.15) is 11.5 Å². The Bertz CT molecular complexity index is 1590. The monoisotopic (exact) mass is 508 g/mol. The molecule has 4 aromatic heterocycles. The lowest BCUT2D eigenvalue weighted by molar-refractivity contribution is 0.0552. The molecule has 0 bridgehead atoms. The van der Waals surface area contributed by atoms with E-state index in [0.29, 0.717) is 19.0 Å². The number of nitrogens with zero attached hydrogens (tertiary/aromatic N) is 6. The Balaban J connectivity index is 1.51. The molecular weight excluding hydrogens is 476 g/mol. The van der Waals surface area contributed by atoms with Gasteiger partial charge in [0.2, 0.25) is 0 Å². The molecule has 2 aliphatic heterocycles. The summed E-state index contributed by atoms with van der Waals surface area (Å²) in [6, 6.07) is 17.3. The van der Waals surface area contributed by atoms with Crippen LogP contribution in [0.15, 0.2) is 61.1 Å². The lowest BCUT2D eigenvalue weighted by Crippen LogP contribution is -2.51. The summed E-state index contributed by atoms with van der Waals surface area (Å²) in [5, 5.41) is 11.0. The Morgan fingerprint density at radius 2 is 1.82 bits per heavy atom. The SMILES string of the molecule is Cc1ncn(C)c1-c1cnc2c3ccc(N4CC(O)C4)nc3n([C@H](c3ccccc3)C3CCOCC3)c2c1. The smallest absolute Gasteiger partial charge is 0.145 e. The highest BCUT2D eigenvalue weighted by Crippen LogP contribution is 2.41. The molecule has 2 saturated heterocycles. The summed E-state index contributed by atoms with van der Waals surface area (Å²) < 4.78 is 10.3. The average molecular weight is 509 g/mol. The summed E-state index contributed by atoms with van der Waals surface area (Å²) in [7, 11) is 2.03. The fourth-order valence-corrected chi connectivity index (χ4v) is 6.27. The number of fused-ring (bicyclic) bond motifs is 3. The fraction of sp³-hybridized carbons (Fsp3) is 0.367. The number of aromatic nitrogens is 5. The number of aliphatic hydroxyl groups is 1. The number of benzene rings is 1. The van der Waals surface area contributed by atoms with Crippen molar-refractivity contribution in [1.29, 1.82) is 0 Å². The molecule has 1 aromatic carbocycles. The molecule has 0 amide bonds. The first-order valence-electron chi connectivity index (χ1n) is 13.4. The number of hydrogen-bond donors (Lipinski definition) is 1. The number of anilines is 1. The van der Waals surface area contributed by atoms with E-state index >= 15 is 0 Å². The van der Waals surface area contributed by atoms with E-state index in [1.807, 2.05) is 26.5 Å². The topological polar surface area (TPSA) is 81.2 Å². The summed E-state index contributed by atoms with van der Waals surface area (Å²) in [6.45, 7) is 4.81. The third kappa shape index (κ3) is 3.78. The number of β-amino-alcohol motifs (C(OH)–C–C–N with tert-alkyl or cyclic N) is 1. The highest BCUT2D eigenvalue weighted by molar-refractivity contribution is 6.05. The lowest BCUT2D eigenvalue weighted by Gasteiger charge is -2.37. The first kappa shape index (κ1) is 23.4. The molecular formula is C30H32N6O2. The summed E-state index contributed by atoms with van der Waals surface area (Å²) in [5.41, 5.74) is 7.34. The Hall–Kier alpha value is -3.75. The first-order chi connectivity index (χ1) is 18.6. The van der Waals surface area contributed by atoms with E-state index in [2.05, 4.69) is 67.5 Å². The maximum absolute atomic E-state index is 9.93. The summed E-state index contributed by atoms with van der Waals surface area (Å²) >= 11 is 0. The van der Waals surface area contributed by atoms with Crippen LogP contribution in [-0.4, -0.2) is 61.6 Å². The highest BCUT2D eigenvalue weighted by Gasteiger charge is 2.32. The molecule has 2 fully saturated rings. The van der Waals surface area contributed by atoms with Crippen LogP contribution in [0.1, 0.15) is 30.1 Å². The number of aryl methyl sites for hydroxylation is 2. The minimum absolute atomic E-state index is 0.0921. The zero-order valence-corrected chi connectivity index (χ0v) is 21.8. The molecule has 0 unspecified atom stereocenters. The van der Waals surface area contributed by atoms with Crippen LogP contribution < -0.4 is 4.90 Å². The van der Waals surface area contributed by atoms with Gasteiger partial charge < -0.3 is 23.9 Å². The molecule has 0 saturated carbocycles. The minimum Gasteiger partial charge on any atom is -0.389 e. The van der Waals surface area contributed by atoms with Crippen molar-refractivity contribution >= 4 is 27.9 Å². The molecule has 0 radical (unpaired) electrons.